The topological polar surface area (TPSA) is 48.4 Å². The molecule has 0 N–H and O–H groups in total. The number of ether oxygens (including phenoxy) is 2. The van der Waals surface area contributed by atoms with E-state index < -0.39 is 0 Å². The lowest BCUT2D eigenvalue weighted by Gasteiger charge is -2.22. The fourth-order valence-electron chi connectivity index (χ4n) is 2.50. The molecular weight excluding hydrogens is 290 g/mol. The number of carbonyl (C=O) groups excluding carboxylic acids is 1. The first-order valence-corrected chi connectivity index (χ1v) is 7.46. The lowest BCUT2D eigenvalue weighted by atomic mass is 10.1. The molecule has 1 aliphatic heterocycles. The van der Waals surface area contributed by atoms with Crippen molar-refractivity contribution in [2.45, 2.75) is 25.4 Å². The van der Waals surface area contributed by atoms with Crippen LogP contribution in [0, 0.1) is 0 Å². The van der Waals surface area contributed by atoms with Gasteiger partial charge in [0, 0.05) is 12.0 Å². The van der Waals surface area contributed by atoms with Gasteiger partial charge in [-0.05, 0) is 31.4 Å². The Hall–Kier alpha value is -1.65. The number of hydrogen-bond donors (Lipinski definition) is 0. The zero-order valence-corrected chi connectivity index (χ0v) is 12.3. The van der Waals surface area contributed by atoms with E-state index in [1.54, 1.807) is 6.07 Å². The Balaban J connectivity index is 1.77. The number of halogens is 1. The van der Waals surface area contributed by atoms with Crippen molar-refractivity contribution in [3.63, 3.8) is 0 Å². The van der Waals surface area contributed by atoms with Crippen LogP contribution in [0.5, 0.6) is 0 Å². The van der Waals surface area contributed by atoms with Gasteiger partial charge in [0.1, 0.15) is 11.8 Å². The summed E-state index contributed by atoms with van der Waals surface area (Å²) >= 11 is 5.97. The molecule has 1 unspecified atom stereocenters. The van der Waals surface area contributed by atoms with Crippen LogP contribution in [0.3, 0.4) is 0 Å². The molecular formula is C16H16ClNO3. The molecule has 0 amide bonds. The molecule has 1 saturated heterocycles. The van der Waals surface area contributed by atoms with Crippen LogP contribution in [0.15, 0.2) is 30.3 Å². The average molecular weight is 306 g/mol. The second-order valence-electron chi connectivity index (χ2n) is 5.10. The molecule has 0 saturated carbocycles. The first-order chi connectivity index (χ1) is 10.2. The van der Waals surface area contributed by atoms with Crippen molar-refractivity contribution in [3.05, 3.63) is 41.0 Å². The maximum Gasteiger partial charge on any atom is 0.339 e. The summed E-state index contributed by atoms with van der Waals surface area (Å²) in [6.07, 6.45) is 3.14. The molecule has 110 valence electrons. The number of benzene rings is 1. The predicted octanol–water partition coefficient (Wildman–Crippen LogP) is 3.61. The van der Waals surface area contributed by atoms with Crippen LogP contribution in [0.4, 0.5) is 0 Å². The van der Waals surface area contributed by atoms with Crippen molar-refractivity contribution in [2.24, 2.45) is 0 Å². The zero-order chi connectivity index (χ0) is 14.7. The van der Waals surface area contributed by atoms with E-state index in [0.29, 0.717) is 11.1 Å². The van der Waals surface area contributed by atoms with Gasteiger partial charge in [0.2, 0.25) is 0 Å². The van der Waals surface area contributed by atoms with Crippen LogP contribution in [-0.4, -0.2) is 30.3 Å². The van der Waals surface area contributed by atoms with Crippen LogP contribution in [0.1, 0.15) is 29.6 Å². The summed E-state index contributed by atoms with van der Waals surface area (Å²) in [7, 11) is 0. The Labute approximate surface area is 128 Å². The van der Waals surface area contributed by atoms with Gasteiger partial charge in [-0.25, -0.2) is 9.78 Å². The fourth-order valence-corrected chi connectivity index (χ4v) is 2.70. The molecule has 21 heavy (non-hydrogen) atoms. The van der Waals surface area contributed by atoms with Crippen molar-refractivity contribution in [2.75, 3.05) is 13.2 Å². The largest absolute Gasteiger partial charge is 0.459 e. The van der Waals surface area contributed by atoms with Crippen LogP contribution >= 0.6 is 11.6 Å². The molecule has 2 heterocycles. The van der Waals surface area contributed by atoms with Gasteiger partial charge in [-0.3, -0.25) is 0 Å². The quantitative estimate of drug-likeness (QED) is 0.642. The van der Waals surface area contributed by atoms with E-state index in [1.807, 2.05) is 24.3 Å². The molecule has 4 nitrogen and oxygen atoms in total. The molecule has 0 aliphatic carbocycles. The lowest BCUT2D eigenvalue weighted by Crippen LogP contribution is -2.26. The summed E-state index contributed by atoms with van der Waals surface area (Å²) in [5.74, 6) is -0.385. The number of esters is 1. The summed E-state index contributed by atoms with van der Waals surface area (Å²) in [5.41, 5.74) is 1.13. The fraction of sp³-hybridized carbons (Fsp3) is 0.375. The van der Waals surface area contributed by atoms with Crippen molar-refractivity contribution < 1.29 is 14.3 Å². The summed E-state index contributed by atoms with van der Waals surface area (Å²) in [6.45, 7) is 1.03. The smallest absolute Gasteiger partial charge is 0.339 e. The number of pyridine rings is 1. The normalized spacial score (nSPS) is 18.6. The third kappa shape index (κ3) is 3.34. The lowest BCUT2D eigenvalue weighted by molar-refractivity contribution is -0.0299. The van der Waals surface area contributed by atoms with Gasteiger partial charge in [0.15, 0.2) is 0 Å². The van der Waals surface area contributed by atoms with Crippen molar-refractivity contribution >= 4 is 28.5 Å². The van der Waals surface area contributed by atoms with Crippen molar-refractivity contribution in [1.82, 2.24) is 4.98 Å². The van der Waals surface area contributed by atoms with E-state index in [-0.39, 0.29) is 23.8 Å². The third-order valence-electron chi connectivity index (χ3n) is 3.58. The minimum Gasteiger partial charge on any atom is -0.459 e. The van der Waals surface area contributed by atoms with E-state index in [4.69, 9.17) is 21.1 Å². The average Bonchev–Trinajstić information content (AvgIpc) is 2.52. The van der Waals surface area contributed by atoms with Gasteiger partial charge >= 0.3 is 5.97 Å². The van der Waals surface area contributed by atoms with Gasteiger partial charge in [-0.15, -0.1) is 0 Å². The van der Waals surface area contributed by atoms with Gasteiger partial charge in [0.05, 0.1) is 17.2 Å². The Bertz CT molecular complexity index is 653. The molecule has 0 spiro atoms. The SMILES string of the molecule is O=C(OCC1CCCCO1)c1cc(Cl)nc2ccccc12. The second kappa shape index (κ2) is 6.41. The highest BCUT2D eigenvalue weighted by Gasteiger charge is 2.18. The number of fused-ring (bicyclic) bond motifs is 1. The Morgan fingerprint density at radius 3 is 3.05 bits per heavy atom. The number of nitrogens with zero attached hydrogens (tertiary/aromatic N) is 1. The van der Waals surface area contributed by atoms with E-state index in [9.17, 15) is 4.79 Å². The Morgan fingerprint density at radius 2 is 2.24 bits per heavy atom. The van der Waals surface area contributed by atoms with Gasteiger partial charge < -0.3 is 9.47 Å². The summed E-state index contributed by atoms with van der Waals surface area (Å²) in [6, 6.07) is 8.93. The zero-order valence-electron chi connectivity index (χ0n) is 11.5. The first kappa shape index (κ1) is 14.3. The maximum absolute atomic E-state index is 12.3. The van der Waals surface area contributed by atoms with E-state index in [0.717, 1.165) is 31.3 Å². The number of para-hydroxylation sites is 1. The predicted molar refractivity (Wildman–Crippen MR) is 80.6 cm³/mol. The van der Waals surface area contributed by atoms with Gasteiger partial charge in [0.25, 0.3) is 0 Å². The molecule has 2 aromatic rings. The molecule has 0 radical (unpaired) electrons. The molecule has 1 aromatic heterocycles. The molecule has 0 bridgehead atoms. The van der Waals surface area contributed by atoms with Crippen LogP contribution in [0.25, 0.3) is 10.9 Å². The van der Waals surface area contributed by atoms with E-state index >= 15 is 0 Å². The summed E-state index contributed by atoms with van der Waals surface area (Å²) < 4.78 is 10.9. The van der Waals surface area contributed by atoms with Crippen LogP contribution in [-0.2, 0) is 9.47 Å². The molecule has 1 aliphatic rings. The van der Waals surface area contributed by atoms with Gasteiger partial charge in [-0.1, -0.05) is 29.8 Å². The number of carbonyl (C=O) groups is 1. The third-order valence-corrected chi connectivity index (χ3v) is 3.77. The van der Waals surface area contributed by atoms with Crippen molar-refractivity contribution in [1.29, 1.82) is 0 Å². The number of rotatable bonds is 3. The van der Waals surface area contributed by atoms with Gasteiger partial charge in [-0.2, -0.15) is 0 Å². The minimum atomic E-state index is -0.385. The molecule has 3 rings (SSSR count). The minimum absolute atomic E-state index is 0.00581. The van der Waals surface area contributed by atoms with Crippen LogP contribution < -0.4 is 0 Å². The molecule has 1 atom stereocenters. The molecule has 5 heteroatoms. The van der Waals surface area contributed by atoms with Crippen molar-refractivity contribution in [3.8, 4) is 0 Å². The van der Waals surface area contributed by atoms with E-state index in [2.05, 4.69) is 4.98 Å². The summed E-state index contributed by atoms with van der Waals surface area (Å²) in [5, 5.41) is 1.03. The number of aromatic nitrogens is 1. The Kier molecular flexibility index (Phi) is 4.36. The Morgan fingerprint density at radius 1 is 1.38 bits per heavy atom. The highest BCUT2D eigenvalue weighted by Crippen LogP contribution is 2.22. The first-order valence-electron chi connectivity index (χ1n) is 7.08. The monoisotopic (exact) mass is 305 g/mol. The standard InChI is InChI=1S/C16H16ClNO3/c17-15-9-13(12-6-1-2-7-14(12)18-15)16(19)21-10-11-5-3-4-8-20-11/h1-2,6-7,9,11H,3-5,8,10H2. The molecule has 1 fully saturated rings. The molecule has 1 aromatic carbocycles. The highest BCUT2D eigenvalue weighted by atomic mass is 35.5. The summed E-state index contributed by atoms with van der Waals surface area (Å²) in [4.78, 5) is 16.5. The van der Waals surface area contributed by atoms with E-state index in [1.165, 1.54) is 0 Å². The second-order valence-corrected chi connectivity index (χ2v) is 5.48. The highest BCUT2D eigenvalue weighted by molar-refractivity contribution is 6.30. The maximum atomic E-state index is 12.3. The number of hydrogen-bond acceptors (Lipinski definition) is 4. The van der Waals surface area contributed by atoms with Crippen LogP contribution in [0.2, 0.25) is 5.15 Å².